The van der Waals surface area contributed by atoms with E-state index in [4.69, 9.17) is 27.6 Å². The highest BCUT2D eigenvalue weighted by Crippen LogP contribution is 2.24. The minimum Gasteiger partial charge on any atom is -0.437 e. The second-order valence-electron chi connectivity index (χ2n) is 4.17. The molecule has 2 aromatic carbocycles. The van der Waals surface area contributed by atoms with Crippen LogP contribution in [0.1, 0.15) is 11.5 Å². The Kier molecular flexibility index (Phi) is 3.83. The predicted molar refractivity (Wildman–Crippen MR) is 87.1 cm³/mol. The first-order valence-corrected chi connectivity index (χ1v) is 7.36. The van der Waals surface area contributed by atoms with Crippen molar-refractivity contribution in [1.82, 2.24) is 4.98 Å². The summed E-state index contributed by atoms with van der Waals surface area (Å²) in [6.07, 6.45) is 3.68. The molecule has 0 saturated carbocycles. The summed E-state index contributed by atoms with van der Waals surface area (Å²) >= 11 is 15.2. The summed E-state index contributed by atoms with van der Waals surface area (Å²) in [5, 5.41) is 1.06. The first-order chi connectivity index (χ1) is 9.61. The summed E-state index contributed by atoms with van der Waals surface area (Å²) in [5.74, 6) is 0.546. The van der Waals surface area contributed by atoms with Crippen LogP contribution in [0.4, 0.5) is 0 Å². The maximum Gasteiger partial charge on any atom is 0.220 e. The van der Waals surface area contributed by atoms with E-state index in [1.165, 1.54) is 0 Å². The van der Waals surface area contributed by atoms with E-state index >= 15 is 0 Å². The minimum atomic E-state index is 0.523. The monoisotopic (exact) mass is 367 g/mol. The van der Waals surface area contributed by atoms with Crippen molar-refractivity contribution in [2.75, 3.05) is 0 Å². The standard InChI is InChI=1S/C15H8BrCl2NO/c16-10-3-5-14-13(8-10)19-15(20-14)6-2-9-1-4-11(17)12(18)7-9/h1-8H/b6-2+. The fourth-order valence-corrected chi connectivity index (χ4v) is 2.43. The lowest BCUT2D eigenvalue weighted by Gasteiger charge is -1.96. The second-order valence-corrected chi connectivity index (χ2v) is 5.90. The van der Waals surface area contributed by atoms with E-state index in [1.807, 2.05) is 30.3 Å². The van der Waals surface area contributed by atoms with Crippen LogP contribution in [-0.2, 0) is 0 Å². The number of halogens is 3. The van der Waals surface area contributed by atoms with Crippen molar-refractivity contribution in [3.63, 3.8) is 0 Å². The van der Waals surface area contributed by atoms with Gasteiger partial charge in [-0.25, -0.2) is 4.98 Å². The van der Waals surface area contributed by atoms with Crippen LogP contribution in [0.25, 0.3) is 23.3 Å². The largest absolute Gasteiger partial charge is 0.437 e. The number of rotatable bonds is 2. The van der Waals surface area contributed by atoms with Gasteiger partial charge in [0.05, 0.1) is 10.0 Å². The van der Waals surface area contributed by atoms with Crippen LogP contribution in [0.5, 0.6) is 0 Å². The van der Waals surface area contributed by atoms with Gasteiger partial charge in [-0.1, -0.05) is 45.2 Å². The van der Waals surface area contributed by atoms with Gasteiger partial charge in [-0.2, -0.15) is 0 Å². The van der Waals surface area contributed by atoms with Gasteiger partial charge < -0.3 is 4.42 Å². The van der Waals surface area contributed by atoms with Gasteiger partial charge in [-0.05, 0) is 42.0 Å². The molecule has 0 unspecified atom stereocenters. The lowest BCUT2D eigenvalue weighted by molar-refractivity contribution is 0.589. The van der Waals surface area contributed by atoms with Crippen molar-refractivity contribution < 1.29 is 4.42 Å². The Balaban J connectivity index is 1.91. The first kappa shape index (κ1) is 13.7. The van der Waals surface area contributed by atoms with E-state index < -0.39 is 0 Å². The lowest BCUT2D eigenvalue weighted by Crippen LogP contribution is -1.74. The van der Waals surface area contributed by atoms with Gasteiger partial charge in [-0.15, -0.1) is 0 Å². The maximum atomic E-state index is 5.97. The quantitative estimate of drug-likeness (QED) is 0.548. The zero-order chi connectivity index (χ0) is 14.1. The molecule has 0 atom stereocenters. The molecular formula is C15H8BrCl2NO. The van der Waals surface area contributed by atoms with E-state index in [-0.39, 0.29) is 0 Å². The molecule has 0 N–H and O–H groups in total. The van der Waals surface area contributed by atoms with Gasteiger partial charge in [-0.3, -0.25) is 0 Å². The zero-order valence-corrected chi connectivity index (χ0v) is 13.2. The lowest BCUT2D eigenvalue weighted by atomic mass is 10.2. The van der Waals surface area contributed by atoms with Crippen molar-refractivity contribution in [2.24, 2.45) is 0 Å². The highest BCUT2D eigenvalue weighted by atomic mass is 79.9. The Labute approximate surface area is 134 Å². The third-order valence-corrected chi connectivity index (χ3v) is 3.96. The smallest absolute Gasteiger partial charge is 0.220 e. The molecule has 0 radical (unpaired) electrons. The third kappa shape index (κ3) is 2.90. The summed E-state index contributed by atoms with van der Waals surface area (Å²) in [6.45, 7) is 0. The van der Waals surface area contributed by atoms with Crippen molar-refractivity contribution in [1.29, 1.82) is 0 Å². The molecule has 0 spiro atoms. The number of fused-ring (bicyclic) bond motifs is 1. The molecular weight excluding hydrogens is 361 g/mol. The van der Waals surface area contributed by atoms with Crippen LogP contribution in [0.2, 0.25) is 10.0 Å². The molecule has 0 bridgehead atoms. The van der Waals surface area contributed by atoms with E-state index in [0.717, 1.165) is 21.1 Å². The van der Waals surface area contributed by atoms with Gasteiger partial charge >= 0.3 is 0 Å². The highest BCUT2D eigenvalue weighted by molar-refractivity contribution is 9.10. The molecule has 0 aliphatic rings. The van der Waals surface area contributed by atoms with Crippen LogP contribution in [0.15, 0.2) is 45.3 Å². The van der Waals surface area contributed by atoms with Gasteiger partial charge in [0.1, 0.15) is 5.52 Å². The molecule has 0 aliphatic heterocycles. The average molecular weight is 369 g/mol. The van der Waals surface area contributed by atoms with E-state index in [9.17, 15) is 0 Å². The van der Waals surface area contributed by atoms with Crippen LogP contribution in [0.3, 0.4) is 0 Å². The molecule has 1 heterocycles. The van der Waals surface area contributed by atoms with E-state index in [1.54, 1.807) is 18.2 Å². The van der Waals surface area contributed by atoms with Crippen LogP contribution in [0, 0.1) is 0 Å². The van der Waals surface area contributed by atoms with Crippen LogP contribution in [-0.4, -0.2) is 4.98 Å². The summed E-state index contributed by atoms with van der Waals surface area (Å²) in [6, 6.07) is 11.1. The number of oxazole rings is 1. The first-order valence-electron chi connectivity index (χ1n) is 5.81. The third-order valence-electron chi connectivity index (χ3n) is 2.73. The van der Waals surface area contributed by atoms with E-state index in [2.05, 4.69) is 20.9 Å². The molecule has 0 fully saturated rings. The number of hydrogen-bond donors (Lipinski definition) is 0. The molecule has 3 aromatic rings. The summed E-state index contributed by atoms with van der Waals surface area (Å²) in [7, 11) is 0. The predicted octanol–water partition coefficient (Wildman–Crippen LogP) is 6.07. The zero-order valence-electron chi connectivity index (χ0n) is 10.1. The average Bonchev–Trinajstić information content (AvgIpc) is 2.82. The molecule has 0 saturated heterocycles. The molecule has 3 rings (SSSR count). The molecule has 1 aromatic heterocycles. The Morgan fingerprint density at radius 2 is 1.85 bits per heavy atom. The normalized spacial score (nSPS) is 11.6. The van der Waals surface area contributed by atoms with Crippen LogP contribution < -0.4 is 0 Å². The highest BCUT2D eigenvalue weighted by Gasteiger charge is 2.03. The summed E-state index contributed by atoms with van der Waals surface area (Å²) in [4.78, 5) is 4.39. The van der Waals surface area contributed by atoms with Crippen molar-refractivity contribution in [2.45, 2.75) is 0 Å². The number of hydrogen-bond acceptors (Lipinski definition) is 2. The van der Waals surface area contributed by atoms with Gasteiger partial charge in [0.25, 0.3) is 0 Å². The Morgan fingerprint density at radius 3 is 2.65 bits per heavy atom. The molecule has 100 valence electrons. The number of benzene rings is 2. The Hall–Kier alpha value is -1.29. The summed E-state index contributed by atoms with van der Waals surface area (Å²) < 4.78 is 6.59. The Morgan fingerprint density at radius 1 is 1.00 bits per heavy atom. The summed E-state index contributed by atoms with van der Waals surface area (Å²) in [5.41, 5.74) is 2.50. The van der Waals surface area contributed by atoms with Crippen molar-refractivity contribution >= 4 is 62.4 Å². The van der Waals surface area contributed by atoms with Crippen molar-refractivity contribution in [3.05, 3.63) is 62.4 Å². The van der Waals surface area contributed by atoms with Gasteiger partial charge in [0, 0.05) is 10.5 Å². The van der Waals surface area contributed by atoms with Gasteiger partial charge in [0.15, 0.2) is 5.58 Å². The molecule has 0 aliphatic carbocycles. The minimum absolute atomic E-state index is 0.523. The van der Waals surface area contributed by atoms with Crippen molar-refractivity contribution in [3.8, 4) is 0 Å². The fraction of sp³-hybridized carbons (Fsp3) is 0. The number of nitrogens with zero attached hydrogens (tertiary/aromatic N) is 1. The SMILES string of the molecule is Clc1ccc(/C=C/c2nc3cc(Br)ccc3o2)cc1Cl. The van der Waals surface area contributed by atoms with E-state index in [0.29, 0.717) is 15.9 Å². The number of aromatic nitrogens is 1. The molecule has 20 heavy (non-hydrogen) atoms. The Bertz CT molecular complexity index is 811. The van der Waals surface area contributed by atoms with Crippen LogP contribution >= 0.6 is 39.1 Å². The molecule has 5 heteroatoms. The molecule has 2 nitrogen and oxygen atoms in total. The molecule has 0 amide bonds. The fourth-order valence-electron chi connectivity index (χ4n) is 1.77. The van der Waals surface area contributed by atoms with Gasteiger partial charge in [0.2, 0.25) is 5.89 Å². The maximum absolute atomic E-state index is 5.97. The topological polar surface area (TPSA) is 26.0 Å². The second kappa shape index (κ2) is 5.60.